The number of aryl methyl sites for hydroxylation is 2. The zero-order valence-corrected chi connectivity index (χ0v) is 15.7. The lowest BCUT2D eigenvalue weighted by Crippen LogP contribution is -2.23. The van der Waals surface area contributed by atoms with Crippen LogP contribution in [0.2, 0.25) is 0 Å². The molecule has 2 aliphatic carbocycles. The Hall–Kier alpha value is -2.47. The van der Waals surface area contributed by atoms with Gasteiger partial charge in [-0.25, -0.2) is 4.21 Å². The number of fused-ring (bicyclic) bond motifs is 3. The van der Waals surface area contributed by atoms with E-state index in [1.807, 2.05) is 0 Å². The van der Waals surface area contributed by atoms with E-state index in [9.17, 15) is 13.8 Å². The average Bonchev–Trinajstić information content (AvgIpc) is 3.34. The minimum atomic E-state index is -3.05. The summed E-state index contributed by atoms with van der Waals surface area (Å²) in [7, 11) is -3.05. The van der Waals surface area contributed by atoms with E-state index in [2.05, 4.69) is 15.7 Å². The van der Waals surface area contributed by atoms with Crippen LogP contribution in [0.15, 0.2) is 39.6 Å². The van der Waals surface area contributed by atoms with Crippen LogP contribution in [0.3, 0.4) is 0 Å². The van der Waals surface area contributed by atoms with Crippen LogP contribution in [0.4, 0.5) is 5.69 Å². The van der Waals surface area contributed by atoms with Gasteiger partial charge < -0.3 is 5.32 Å². The van der Waals surface area contributed by atoms with Gasteiger partial charge in [0.1, 0.15) is 5.75 Å². The minimum absolute atomic E-state index is 0.284. The Morgan fingerprint density at radius 2 is 1.70 bits per heavy atom. The number of benzene rings is 2. The van der Waals surface area contributed by atoms with Crippen molar-refractivity contribution in [1.82, 2.24) is 0 Å². The number of amides is 2. The molecule has 3 aliphatic rings. The molecule has 0 spiro atoms. The Balaban J connectivity index is 1.48. The predicted octanol–water partition coefficient (Wildman–Crippen LogP) is 3.28. The van der Waals surface area contributed by atoms with Crippen LogP contribution >= 0.6 is 0 Å². The molecule has 1 aliphatic heterocycles. The summed E-state index contributed by atoms with van der Waals surface area (Å²) >= 11 is 0. The summed E-state index contributed by atoms with van der Waals surface area (Å²) in [6.07, 6.45) is 6.27. The second kappa shape index (κ2) is 6.02. The van der Waals surface area contributed by atoms with Crippen LogP contribution in [0.5, 0.6) is 0 Å². The van der Waals surface area contributed by atoms with Crippen molar-refractivity contribution in [1.29, 1.82) is 0 Å². The first-order valence-corrected chi connectivity index (χ1v) is 11.1. The molecule has 0 saturated heterocycles. The van der Waals surface area contributed by atoms with Gasteiger partial charge in [0.2, 0.25) is 5.91 Å². The normalized spacial score (nSPS) is 22.1. The van der Waals surface area contributed by atoms with Gasteiger partial charge in [0.05, 0.1) is 20.2 Å². The number of carbonyl (C=O) groups is 2. The lowest BCUT2D eigenvalue weighted by Gasteiger charge is -2.16. The van der Waals surface area contributed by atoms with Crippen molar-refractivity contribution in [2.24, 2.45) is 4.36 Å². The zero-order chi connectivity index (χ0) is 18.6. The third kappa shape index (κ3) is 2.62. The minimum Gasteiger partial charge on any atom is -0.325 e. The molecule has 0 fully saturated rings. The Morgan fingerprint density at radius 1 is 1.04 bits per heavy atom. The fraction of sp³-hybridized carbons (Fsp3) is 0.333. The summed E-state index contributed by atoms with van der Waals surface area (Å²) in [6.45, 7) is 0. The van der Waals surface area contributed by atoms with Crippen LogP contribution in [0.1, 0.15) is 45.5 Å². The molecule has 2 aromatic rings. The van der Waals surface area contributed by atoms with Crippen molar-refractivity contribution in [2.75, 3.05) is 11.1 Å². The average molecular weight is 380 g/mol. The van der Waals surface area contributed by atoms with Crippen LogP contribution in [0, 0.1) is 0 Å². The third-order valence-electron chi connectivity index (χ3n) is 5.76. The largest absolute Gasteiger partial charge is 0.325 e. The van der Waals surface area contributed by atoms with E-state index in [1.165, 1.54) is 22.3 Å². The van der Waals surface area contributed by atoms with Gasteiger partial charge >= 0.3 is 0 Å². The molecule has 5 rings (SSSR count). The van der Waals surface area contributed by atoms with Crippen LogP contribution in [0.25, 0.3) is 0 Å². The molecule has 1 atom stereocenters. The van der Waals surface area contributed by atoms with Gasteiger partial charge in [-0.05, 0) is 72.9 Å². The zero-order valence-electron chi connectivity index (χ0n) is 14.9. The summed E-state index contributed by atoms with van der Waals surface area (Å²) in [5, 5.41) is 3.05. The molecule has 1 unspecified atom stereocenters. The molecule has 0 aromatic heterocycles. The highest BCUT2D eigenvalue weighted by Crippen LogP contribution is 2.38. The van der Waals surface area contributed by atoms with E-state index in [1.54, 1.807) is 24.3 Å². The Bertz CT molecular complexity index is 1090. The summed E-state index contributed by atoms with van der Waals surface area (Å²) in [5.41, 5.74) is 6.42. The van der Waals surface area contributed by atoms with E-state index in [0.717, 1.165) is 44.2 Å². The summed E-state index contributed by atoms with van der Waals surface area (Å²) < 4.78 is 17.1. The third-order valence-corrected chi connectivity index (χ3v) is 7.91. The number of anilines is 1. The van der Waals surface area contributed by atoms with Crippen molar-refractivity contribution < 1.29 is 13.8 Å². The number of carbonyl (C=O) groups excluding carboxylic acids is 2. The van der Waals surface area contributed by atoms with Crippen LogP contribution in [-0.4, -0.2) is 21.8 Å². The molecular formula is C21H20N2O3S. The molecule has 0 bridgehead atoms. The van der Waals surface area contributed by atoms with Gasteiger partial charge in [0, 0.05) is 5.69 Å². The molecule has 0 saturated carbocycles. The first-order chi connectivity index (χ1) is 13.0. The van der Waals surface area contributed by atoms with E-state index in [4.69, 9.17) is 0 Å². The summed E-state index contributed by atoms with van der Waals surface area (Å²) in [6, 6.07) is 9.00. The van der Waals surface area contributed by atoms with Gasteiger partial charge in [-0.15, -0.1) is 0 Å². The van der Waals surface area contributed by atoms with Crippen molar-refractivity contribution >= 4 is 27.2 Å². The second-order valence-corrected chi connectivity index (χ2v) is 9.65. The number of nitrogens with one attached hydrogen (secondary N) is 1. The number of hydrogen-bond donors (Lipinski definition) is 1. The molecule has 6 heteroatoms. The maximum Gasteiger partial charge on any atom is 0.286 e. The number of rotatable bonds is 3. The topological polar surface area (TPSA) is 75.6 Å². The molecule has 0 radical (unpaired) electrons. The van der Waals surface area contributed by atoms with Crippen LogP contribution < -0.4 is 5.32 Å². The molecular weight excluding hydrogens is 360 g/mol. The van der Waals surface area contributed by atoms with Gasteiger partial charge in [0.25, 0.3) is 5.91 Å². The molecule has 1 N–H and O–H groups in total. The summed E-state index contributed by atoms with van der Waals surface area (Å²) in [4.78, 5) is 25.3. The van der Waals surface area contributed by atoms with E-state index >= 15 is 0 Å². The van der Waals surface area contributed by atoms with Crippen molar-refractivity contribution in [3.8, 4) is 0 Å². The quantitative estimate of drug-likeness (QED) is 0.888. The van der Waals surface area contributed by atoms with E-state index < -0.39 is 15.6 Å². The predicted molar refractivity (Wildman–Crippen MR) is 104 cm³/mol. The van der Waals surface area contributed by atoms with Gasteiger partial charge in [-0.3, -0.25) is 9.59 Å². The molecule has 2 aromatic carbocycles. The van der Waals surface area contributed by atoms with Crippen LogP contribution in [-0.2, 0) is 40.2 Å². The molecule has 1 heterocycles. The lowest BCUT2D eigenvalue weighted by molar-refractivity contribution is -0.113. The number of hydrogen-bond acceptors (Lipinski definition) is 3. The standard InChI is InChI=1S/C21H20N2O3S/c24-19(12-27(26)18-10-2-1-7-17(18)21(25)23-27)22-20-15-8-3-5-13(15)11-14-6-4-9-16(14)20/h1-2,7,10-11H,3-6,8-9,12H2,(H,22,24). The second-order valence-electron chi connectivity index (χ2n) is 7.46. The molecule has 5 nitrogen and oxygen atoms in total. The van der Waals surface area contributed by atoms with Crippen molar-refractivity contribution in [3.63, 3.8) is 0 Å². The van der Waals surface area contributed by atoms with Crippen molar-refractivity contribution in [3.05, 3.63) is 58.1 Å². The lowest BCUT2D eigenvalue weighted by atomic mass is 9.98. The highest BCUT2D eigenvalue weighted by atomic mass is 32.2. The molecule has 138 valence electrons. The first kappa shape index (κ1) is 16.7. The van der Waals surface area contributed by atoms with Gasteiger partial charge in [-0.1, -0.05) is 18.2 Å². The Morgan fingerprint density at radius 3 is 2.41 bits per heavy atom. The monoisotopic (exact) mass is 380 g/mol. The van der Waals surface area contributed by atoms with E-state index in [0.29, 0.717) is 10.5 Å². The van der Waals surface area contributed by atoms with Gasteiger partial charge in [-0.2, -0.15) is 4.36 Å². The smallest absolute Gasteiger partial charge is 0.286 e. The van der Waals surface area contributed by atoms with E-state index in [-0.39, 0.29) is 11.7 Å². The Labute approximate surface area is 158 Å². The highest BCUT2D eigenvalue weighted by molar-refractivity contribution is 7.95. The van der Waals surface area contributed by atoms with Crippen molar-refractivity contribution in [2.45, 2.75) is 43.4 Å². The molecule has 27 heavy (non-hydrogen) atoms. The SMILES string of the molecule is O=C(CS1(=O)=NC(=O)c2ccccc21)Nc1c2c(cc3c1CCC3)CCC2. The van der Waals surface area contributed by atoms with Gasteiger partial charge in [0.15, 0.2) is 0 Å². The fourth-order valence-corrected chi connectivity index (χ4v) is 6.49. The number of nitrogens with zero attached hydrogens (tertiary/aromatic N) is 1. The maximum atomic E-state index is 13.2. The maximum absolute atomic E-state index is 13.2. The summed E-state index contributed by atoms with van der Waals surface area (Å²) in [5.74, 6) is -1.11. The first-order valence-electron chi connectivity index (χ1n) is 9.40. The fourth-order valence-electron chi connectivity index (χ4n) is 4.58. The highest BCUT2D eigenvalue weighted by Gasteiger charge is 2.31. The molecule has 2 amide bonds. The Kier molecular flexibility index (Phi) is 3.72.